The average molecular weight is 565 g/mol. The van der Waals surface area contributed by atoms with E-state index in [1.54, 1.807) is 12.3 Å². The maximum Gasteiger partial charge on any atom is 0.418 e. The largest absolute Gasteiger partial charge is 0.418 e. The Bertz CT molecular complexity index is 1630. The highest BCUT2D eigenvalue weighted by molar-refractivity contribution is 5.58. The van der Waals surface area contributed by atoms with Gasteiger partial charge in [0.25, 0.3) is 0 Å². The van der Waals surface area contributed by atoms with Crippen molar-refractivity contribution in [1.82, 2.24) is 28.6 Å². The van der Waals surface area contributed by atoms with Gasteiger partial charge in [0.05, 0.1) is 16.8 Å². The number of benzene rings is 1. The molecule has 7 nitrogen and oxygen atoms in total. The third-order valence-electron chi connectivity index (χ3n) is 9.22. The lowest BCUT2D eigenvalue weighted by Gasteiger charge is -2.34. The maximum atomic E-state index is 14.3. The van der Waals surface area contributed by atoms with E-state index < -0.39 is 17.4 Å². The molecule has 216 valence electrons. The lowest BCUT2D eigenvalue weighted by molar-refractivity contribution is -0.136. The summed E-state index contributed by atoms with van der Waals surface area (Å²) in [4.78, 5) is 15.9. The van der Waals surface area contributed by atoms with E-state index in [0.717, 1.165) is 63.0 Å². The first-order valence-corrected chi connectivity index (χ1v) is 14.8. The van der Waals surface area contributed by atoms with Crippen molar-refractivity contribution in [3.8, 4) is 5.69 Å². The molecule has 3 aliphatic rings. The van der Waals surface area contributed by atoms with Crippen LogP contribution in [0.15, 0.2) is 53.8 Å². The predicted molar refractivity (Wildman–Crippen MR) is 149 cm³/mol. The minimum atomic E-state index is -4.58. The highest BCUT2D eigenvalue weighted by atomic mass is 19.4. The van der Waals surface area contributed by atoms with Gasteiger partial charge in [0.2, 0.25) is 0 Å². The van der Waals surface area contributed by atoms with Gasteiger partial charge in [0.15, 0.2) is 0 Å². The Labute approximate surface area is 236 Å². The molecule has 0 spiro atoms. The van der Waals surface area contributed by atoms with Gasteiger partial charge in [-0.15, -0.1) is 10.2 Å². The van der Waals surface area contributed by atoms with E-state index in [9.17, 15) is 18.0 Å². The first kappa shape index (κ1) is 26.5. The van der Waals surface area contributed by atoms with Gasteiger partial charge < -0.3 is 4.57 Å². The number of hydrogen-bond acceptors (Lipinski definition) is 4. The summed E-state index contributed by atoms with van der Waals surface area (Å²) in [6, 6.07) is 9.31. The molecule has 1 aromatic carbocycles. The molecule has 10 heteroatoms. The second-order valence-corrected chi connectivity index (χ2v) is 12.4. The van der Waals surface area contributed by atoms with Crippen molar-refractivity contribution in [2.75, 3.05) is 13.1 Å². The van der Waals surface area contributed by atoms with Crippen LogP contribution in [0.25, 0.3) is 11.2 Å². The molecule has 1 unspecified atom stereocenters. The van der Waals surface area contributed by atoms with Crippen LogP contribution >= 0.6 is 0 Å². The molecule has 2 aliphatic carbocycles. The first-order chi connectivity index (χ1) is 19.8. The van der Waals surface area contributed by atoms with Gasteiger partial charge in [-0.05, 0) is 86.2 Å². The Morgan fingerprint density at radius 2 is 1.88 bits per heavy atom. The highest BCUT2D eigenvalue weighted by Crippen LogP contribution is 2.45. The summed E-state index contributed by atoms with van der Waals surface area (Å²) in [6.45, 7) is 4.25. The number of aromatic nitrogens is 5. The van der Waals surface area contributed by atoms with E-state index in [1.807, 2.05) is 24.5 Å². The van der Waals surface area contributed by atoms with Crippen LogP contribution in [-0.4, -0.2) is 41.7 Å². The maximum absolute atomic E-state index is 14.3. The van der Waals surface area contributed by atoms with Crippen molar-refractivity contribution >= 4 is 5.52 Å². The number of imidazole rings is 1. The number of fused-ring (bicyclic) bond motifs is 1. The van der Waals surface area contributed by atoms with Crippen molar-refractivity contribution in [3.63, 3.8) is 0 Å². The lowest BCUT2D eigenvalue weighted by atomic mass is 9.72. The summed E-state index contributed by atoms with van der Waals surface area (Å²) in [5.74, 6) is 1.91. The summed E-state index contributed by atoms with van der Waals surface area (Å²) >= 11 is 0. The van der Waals surface area contributed by atoms with Crippen LogP contribution in [0.2, 0.25) is 0 Å². The van der Waals surface area contributed by atoms with E-state index in [1.165, 1.54) is 27.7 Å². The minimum absolute atomic E-state index is 0.0313. The second kappa shape index (κ2) is 10.2. The molecule has 7 rings (SSSR count). The summed E-state index contributed by atoms with van der Waals surface area (Å²) in [5.41, 5.74) is 0.650. The van der Waals surface area contributed by atoms with Crippen LogP contribution in [-0.2, 0) is 12.7 Å². The van der Waals surface area contributed by atoms with Gasteiger partial charge >= 0.3 is 11.9 Å². The Morgan fingerprint density at radius 3 is 2.59 bits per heavy atom. The van der Waals surface area contributed by atoms with Crippen molar-refractivity contribution in [2.45, 2.75) is 76.6 Å². The van der Waals surface area contributed by atoms with Crippen LogP contribution in [0.5, 0.6) is 0 Å². The third kappa shape index (κ3) is 5.00. The molecule has 41 heavy (non-hydrogen) atoms. The average Bonchev–Trinajstić information content (AvgIpc) is 3.55. The van der Waals surface area contributed by atoms with Crippen molar-refractivity contribution < 1.29 is 13.2 Å². The highest BCUT2D eigenvalue weighted by Gasteiger charge is 2.37. The van der Waals surface area contributed by atoms with Crippen molar-refractivity contribution in [2.24, 2.45) is 11.8 Å². The molecule has 0 N–H and O–H groups in total. The van der Waals surface area contributed by atoms with Crippen molar-refractivity contribution in [3.05, 3.63) is 82.1 Å². The molecule has 0 radical (unpaired) electrons. The Morgan fingerprint density at radius 1 is 1.05 bits per heavy atom. The molecule has 2 saturated carbocycles. The monoisotopic (exact) mass is 564 g/mol. The third-order valence-corrected chi connectivity index (χ3v) is 9.22. The zero-order valence-electron chi connectivity index (χ0n) is 23.2. The first-order valence-electron chi connectivity index (χ1n) is 14.8. The van der Waals surface area contributed by atoms with Gasteiger partial charge in [-0.25, -0.2) is 4.79 Å². The topological polar surface area (TPSA) is 60.4 Å². The number of piperidine rings is 1. The molecular weight excluding hydrogens is 529 g/mol. The SMILES string of the molecule is C[C@H]1CCCN(Cc2cc(C(F)(F)F)c3cn(-c4cccc(C(c5nncn5C5CC5)C5CCC5)c4)c(=O)n3c2)C1. The summed E-state index contributed by atoms with van der Waals surface area (Å²) in [5, 5.41) is 8.75. The minimum Gasteiger partial charge on any atom is -0.314 e. The molecule has 0 amide bonds. The molecule has 2 atom stereocenters. The lowest BCUT2D eigenvalue weighted by Crippen LogP contribution is -2.34. The molecule has 3 fully saturated rings. The summed E-state index contributed by atoms with van der Waals surface area (Å²) in [6.07, 6.45) is 7.91. The molecular formula is C31H35F3N6O. The van der Waals surface area contributed by atoms with Crippen LogP contribution < -0.4 is 5.69 Å². The predicted octanol–water partition coefficient (Wildman–Crippen LogP) is 6.20. The van der Waals surface area contributed by atoms with Crippen molar-refractivity contribution in [1.29, 1.82) is 0 Å². The number of halogens is 3. The summed E-state index contributed by atoms with van der Waals surface area (Å²) in [7, 11) is 0. The molecule has 1 saturated heterocycles. The van der Waals surface area contributed by atoms with Gasteiger partial charge in [-0.2, -0.15) is 13.2 Å². The Hall–Kier alpha value is -3.40. The molecule has 4 heterocycles. The second-order valence-electron chi connectivity index (χ2n) is 12.4. The quantitative estimate of drug-likeness (QED) is 0.268. The van der Waals surface area contributed by atoms with Crippen LogP contribution in [0.4, 0.5) is 13.2 Å². The van der Waals surface area contributed by atoms with E-state index in [2.05, 4.69) is 26.6 Å². The number of nitrogens with zero attached hydrogens (tertiary/aromatic N) is 6. The number of likely N-dealkylation sites (tertiary alicyclic amines) is 1. The van der Waals surface area contributed by atoms with Crippen LogP contribution in [0.3, 0.4) is 0 Å². The molecule has 1 aliphatic heterocycles. The van der Waals surface area contributed by atoms with Crippen LogP contribution in [0.1, 0.15) is 86.3 Å². The molecule has 3 aromatic heterocycles. The van der Waals surface area contributed by atoms with Gasteiger partial charge in [0, 0.05) is 37.4 Å². The number of alkyl halides is 3. The smallest absolute Gasteiger partial charge is 0.314 e. The van der Waals surface area contributed by atoms with Gasteiger partial charge in [-0.1, -0.05) is 25.5 Å². The van der Waals surface area contributed by atoms with E-state index in [0.29, 0.717) is 35.7 Å². The van der Waals surface area contributed by atoms with Crippen LogP contribution in [0, 0.1) is 11.8 Å². The zero-order chi connectivity index (χ0) is 28.3. The Balaban J connectivity index is 1.29. The number of rotatable bonds is 7. The standard InChI is InChI=1S/C31H35F3N6O/c1-20-5-4-12-37(15-20)16-21-13-26(31(32,33)34)27-18-38(30(41)39(27)17-21)25-9-3-8-23(14-25)28(22-6-2-7-22)29-36-35-19-40(29)24-10-11-24/h3,8-9,13-14,17-20,22,24,28H,2,4-7,10-12,15-16H2,1H3/t20-,28?/m0/s1. The Kier molecular flexibility index (Phi) is 6.56. The molecule has 4 aromatic rings. The number of pyridine rings is 1. The van der Waals surface area contributed by atoms with Gasteiger partial charge in [-0.3, -0.25) is 13.9 Å². The fourth-order valence-corrected chi connectivity index (χ4v) is 6.81. The zero-order valence-corrected chi connectivity index (χ0v) is 23.2. The van der Waals surface area contributed by atoms with Gasteiger partial charge in [0.1, 0.15) is 12.2 Å². The number of hydrogen-bond donors (Lipinski definition) is 0. The fourth-order valence-electron chi connectivity index (χ4n) is 6.81. The van der Waals surface area contributed by atoms with E-state index in [-0.39, 0.29) is 11.4 Å². The normalized spacial score (nSPS) is 21.3. The fraction of sp³-hybridized carbons (Fsp3) is 0.516. The van der Waals surface area contributed by atoms with E-state index in [4.69, 9.17) is 0 Å². The summed E-state index contributed by atoms with van der Waals surface area (Å²) < 4.78 is 47.6. The molecule has 0 bridgehead atoms. The van der Waals surface area contributed by atoms with E-state index >= 15 is 0 Å².